The molecule has 0 fully saturated rings. The molecule has 2 amide bonds. The summed E-state index contributed by atoms with van der Waals surface area (Å²) < 4.78 is 35.9. The van der Waals surface area contributed by atoms with Crippen molar-refractivity contribution in [1.82, 2.24) is 5.32 Å². The van der Waals surface area contributed by atoms with Crippen molar-refractivity contribution in [2.45, 2.75) is 6.54 Å². The van der Waals surface area contributed by atoms with Crippen molar-refractivity contribution >= 4 is 33.2 Å². The number of anilines is 2. The summed E-state index contributed by atoms with van der Waals surface area (Å²) in [7, 11) is -2.30. The van der Waals surface area contributed by atoms with Crippen molar-refractivity contribution in [3.05, 3.63) is 78.3 Å². The molecule has 0 aliphatic rings. The van der Waals surface area contributed by atoms with Crippen molar-refractivity contribution in [3.63, 3.8) is 0 Å². The summed E-state index contributed by atoms with van der Waals surface area (Å²) in [5.74, 6) is 0.0201. The van der Waals surface area contributed by atoms with Gasteiger partial charge in [-0.2, -0.15) is 0 Å². The van der Waals surface area contributed by atoms with Crippen LogP contribution in [-0.2, 0) is 21.4 Å². The Morgan fingerprint density at radius 1 is 1.06 bits per heavy atom. The Bertz CT molecular complexity index is 1190. The monoisotopic (exact) mass is 457 g/mol. The summed E-state index contributed by atoms with van der Waals surface area (Å²) >= 11 is 0. The first kappa shape index (κ1) is 22.9. The van der Waals surface area contributed by atoms with Gasteiger partial charge in [-0.15, -0.1) is 0 Å². The summed E-state index contributed by atoms with van der Waals surface area (Å²) in [4.78, 5) is 25.3. The molecule has 2 aromatic carbocycles. The van der Waals surface area contributed by atoms with Crippen molar-refractivity contribution in [2.75, 3.05) is 29.5 Å². The lowest BCUT2D eigenvalue weighted by atomic mass is 10.1. The average molecular weight is 458 g/mol. The van der Waals surface area contributed by atoms with E-state index in [1.165, 1.54) is 19.4 Å². The van der Waals surface area contributed by atoms with Gasteiger partial charge in [-0.1, -0.05) is 18.2 Å². The molecule has 0 saturated heterocycles. The Hall–Kier alpha value is -3.79. The van der Waals surface area contributed by atoms with Crippen LogP contribution in [0.1, 0.15) is 16.1 Å². The number of nitrogens with one attached hydrogen (secondary N) is 2. The first-order valence-electron chi connectivity index (χ1n) is 9.59. The number of furan rings is 1. The highest BCUT2D eigenvalue weighted by molar-refractivity contribution is 7.92. The molecule has 0 aliphatic carbocycles. The topological polar surface area (TPSA) is 118 Å². The van der Waals surface area contributed by atoms with Crippen LogP contribution in [0.4, 0.5) is 11.4 Å². The molecule has 32 heavy (non-hydrogen) atoms. The molecule has 3 rings (SSSR count). The van der Waals surface area contributed by atoms with E-state index in [4.69, 9.17) is 9.15 Å². The van der Waals surface area contributed by atoms with Crippen LogP contribution in [0.2, 0.25) is 0 Å². The molecule has 9 nitrogen and oxygen atoms in total. The second-order valence-corrected chi connectivity index (χ2v) is 8.73. The van der Waals surface area contributed by atoms with Crippen LogP contribution in [0.25, 0.3) is 0 Å². The molecule has 0 radical (unpaired) electrons. The fourth-order valence-electron chi connectivity index (χ4n) is 2.95. The van der Waals surface area contributed by atoms with Gasteiger partial charge < -0.3 is 19.8 Å². The number of hydrogen-bond acceptors (Lipinski definition) is 6. The van der Waals surface area contributed by atoms with E-state index in [2.05, 4.69) is 10.6 Å². The summed E-state index contributed by atoms with van der Waals surface area (Å²) in [6.07, 6.45) is 2.52. The Labute approximate surface area is 186 Å². The van der Waals surface area contributed by atoms with Crippen LogP contribution in [0, 0.1) is 0 Å². The number of amides is 2. The third-order valence-electron chi connectivity index (χ3n) is 4.48. The number of hydrogen-bond donors (Lipinski definition) is 2. The van der Waals surface area contributed by atoms with E-state index in [1.54, 1.807) is 54.6 Å². The van der Waals surface area contributed by atoms with E-state index >= 15 is 0 Å². The smallest absolute Gasteiger partial charge is 0.253 e. The Balaban J connectivity index is 1.75. The average Bonchev–Trinajstić information content (AvgIpc) is 3.29. The molecule has 1 aromatic heterocycles. The lowest BCUT2D eigenvalue weighted by Crippen LogP contribution is -2.37. The normalized spacial score (nSPS) is 10.9. The standard InChI is InChI=1S/C22H23N3O6S/c1-30-17-8-5-7-16(13-17)25(32(2,28)29)15-21(26)24-20-11-4-3-10-19(20)22(27)23-14-18-9-6-12-31-18/h3-13H,14-15H2,1-2H3,(H,23,27)(H,24,26). The van der Waals surface area contributed by atoms with Gasteiger partial charge in [-0.3, -0.25) is 13.9 Å². The van der Waals surface area contributed by atoms with Gasteiger partial charge in [-0.25, -0.2) is 8.42 Å². The molecule has 0 bridgehead atoms. The van der Waals surface area contributed by atoms with Gasteiger partial charge in [0, 0.05) is 6.07 Å². The minimum absolute atomic E-state index is 0.186. The molecule has 2 N–H and O–H groups in total. The first-order valence-corrected chi connectivity index (χ1v) is 11.4. The molecule has 0 spiro atoms. The minimum atomic E-state index is -3.76. The fourth-order valence-corrected chi connectivity index (χ4v) is 3.80. The molecule has 10 heteroatoms. The van der Waals surface area contributed by atoms with E-state index in [0.29, 0.717) is 11.5 Å². The number of carbonyl (C=O) groups excluding carboxylic acids is 2. The van der Waals surface area contributed by atoms with Gasteiger partial charge >= 0.3 is 0 Å². The van der Waals surface area contributed by atoms with Crippen LogP contribution in [0.5, 0.6) is 5.75 Å². The second-order valence-electron chi connectivity index (χ2n) is 6.83. The van der Waals surface area contributed by atoms with Gasteiger partial charge in [0.15, 0.2) is 0 Å². The van der Waals surface area contributed by atoms with E-state index < -0.39 is 28.4 Å². The summed E-state index contributed by atoms with van der Waals surface area (Å²) in [6, 6.07) is 16.3. The lowest BCUT2D eigenvalue weighted by Gasteiger charge is -2.22. The molecular weight excluding hydrogens is 434 g/mol. The lowest BCUT2D eigenvalue weighted by molar-refractivity contribution is -0.114. The zero-order valence-electron chi connectivity index (χ0n) is 17.6. The highest BCUT2D eigenvalue weighted by atomic mass is 32.2. The zero-order chi connectivity index (χ0) is 23.1. The molecule has 1 heterocycles. The molecular formula is C22H23N3O6S. The van der Waals surface area contributed by atoms with Crippen LogP contribution < -0.4 is 19.7 Å². The number of methoxy groups -OCH3 is 1. The van der Waals surface area contributed by atoms with Gasteiger partial charge in [0.2, 0.25) is 15.9 Å². The minimum Gasteiger partial charge on any atom is -0.497 e. The van der Waals surface area contributed by atoms with Gasteiger partial charge in [-0.05, 0) is 36.4 Å². The maximum Gasteiger partial charge on any atom is 0.253 e. The second kappa shape index (κ2) is 10.0. The highest BCUT2D eigenvalue weighted by Crippen LogP contribution is 2.23. The molecule has 0 aliphatic heterocycles. The largest absolute Gasteiger partial charge is 0.497 e. The Morgan fingerprint density at radius 3 is 2.53 bits per heavy atom. The van der Waals surface area contributed by atoms with E-state index in [0.717, 1.165) is 10.6 Å². The van der Waals surface area contributed by atoms with Crippen molar-refractivity contribution in [2.24, 2.45) is 0 Å². The zero-order valence-corrected chi connectivity index (χ0v) is 18.4. The number of benzene rings is 2. The predicted molar refractivity (Wildman–Crippen MR) is 120 cm³/mol. The SMILES string of the molecule is COc1cccc(N(CC(=O)Nc2ccccc2C(=O)NCc2ccco2)S(C)(=O)=O)c1. The third-order valence-corrected chi connectivity index (χ3v) is 5.62. The van der Waals surface area contributed by atoms with Crippen LogP contribution in [0.3, 0.4) is 0 Å². The van der Waals surface area contributed by atoms with Crippen molar-refractivity contribution in [3.8, 4) is 5.75 Å². The van der Waals surface area contributed by atoms with Crippen LogP contribution >= 0.6 is 0 Å². The highest BCUT2D eigenvalue weighted by Gasteiger charge is 2.22. The number of rotatable bonds is 9. The quantitative estimate of drug-likeness (QED) is 0.510. The Morgan fingerprint density at radius 2 is 1.84 bits per heavy atom. The van der Waals surface area contributed by atoms with Gasteiger partial charge in [0.25, 0.3) is 5.91 Å². The molecule has 0 saturated carbocycles. The van der Waals surface area contributed by atoms with E-state index in [1.807, 2.05) is 0 Å². The first-order chi connectivity index (χ1) is 15.3. The number of nitrogens with zero attached hydrogens (tertiary/aromatic N) is 1. The number of carbonyl (C=O) groups is 2. The van der Waals surface area contributed by atoms with E-state index in [9.17, 15) is 18.0 Å². The maximum atomic E-state index is 12.7. The van der Waals surface area contributed by atoms with Gasteiger partial charge in [0.1, 0.15) is 18.1 Å². The number of para-hydroxylation sites is 1. The number of sulfonamides is 1. The molecule has 0 atom stereocenters. The Kier molecular flexibility index (Phi) is 7.16. The maximum absolute atomic E-state index is 12.7. The van der Waals surface area contributed by atoms with Crippen molar-refractivity contribution in [1.29, 1.82) is 0 Å². The van der Waals surface area contributed by atoms with Crippen LogP contribution in [-0.4, -0.2) is 40.1 Å². The summed E-state index contributed by atoms with van der Waals surface area (Å²) in [5.41, 5.74) is 0.778. The number of ether oxygens (including phenoxy) is 1. The molecule has 168 valence electrons. The van der Waals surface area contributed by atoms with E-state index in [-0.39, 0.29) is 23.5 Å². The molecule has 0 unspecified atom stereocenters. The predicted octanol–water partition coefficient (Wildman–Crippen LogP) is 2.62. The van der Waals surface area contributed by atoms with Gasteiger partial charge in [0.05, 0.1) is 43.1 Å². The summed E-state index contributed by atoms with van der Waals surface area (Å²) in [6.45, 7) is -0.292. The fraction of sp³-hybridized carbons (Fsp3) is 0.182. The third kappa shape index (κ3) is 5.88. The summed E-state index contributed by atoms with van der Waals surface area (Å²) in [5, 5.41) is 5.34. The molecule has 3 aromatic rings. The van der Waals surface area contributed by atoms with Crippen molar-refractivity contribution < 1.29 is 27.2 Å². The van der Waals surface area contributed by atoms with Crippen LogP contribution in [0.15, 0.2) is 71.3 Å².